The lowest BCUT2D eigenvalue weighted by molar-refractivity contribution is 0.162. The van der Waals surface area contributed by atoms with Crippen molar-refractivity contribution in [3.63, 3.8) is 0 Å². The number of hydrogen-bond donors (Lipinski definition) is 1. The molecule has 0 radical (unpaired) electrons. The van der Waals surface area contributed by atoms with E-state index in [0.29, 0.717) is 11.5 Å². The zero-order chi connectivity index (χ0) is 13.9. The summed E-state index contributed by atoms with van der Waals surface area (Å²) in [6, 6.07) is 9.64. The highest BCUT2D eigenvalue weighted by atomic mass is 14.9. The van der Waals surface area contributed by atoms with E-state index in [1.165, 1.54) is 36.8 Å². The van der Waals surface area contributed by atoms with Gasteiger partial charge in [0.2, 0.25) is 0 Å². The van der Waals surface area contributed by atoms with Gasteiger partial charge >= 0.3 is 0 Å². The van der Waals surface area contributed by atoms with Crippen molar-refractivity contribution < 1.29 is 0 Å². The van der Waals surface area contributed by atoms with Crippen LogP contribution in [0.2, 0.25) is 0 Å². The smallest absolute Gasteiger partial charge is 0.0348 e. The highest BCUT2D eigenvalue weighted by molar-refractivity contribution is 5.24. The maximum atomic E-state index is 3.72. The van der Waals surface area contributed by atoms with Gasteiger partial charge in [-0.2, -0.15) is 0 Å². The first-order valence-corrected chi connectivity index (χ1v) is 7.82. The lowest BCUT2D eigenvalue weighted by atomic mass is 9.70. The first-order valence-electron chi connectivity index (χ1n) is 7.82. The number of benzene rings is 1. The molecule has 1 aromatic rings. The normalized spacial score (nSPS) is 21.3. The van der Waals surface area contributed by atoms with Crippen LogP contribution in [0, 0.1) is 18.3 Å². The van der Waals surface area contributed by atoms with E-state index < -0.39 is 0 Å². The van der Waals surface area contributed by atoms with Crippen LogP contribution in [0.4, 0.5) is 0 Å². The van der Waals surface area contributed by atoms with Gasteiger partial charge in [-0.1, -0.05) is 50.6 Å². The van der Waals surface area contributed by atoms with Gasteiger partial charge in [-0.3, -0.25) is 0 Å². The molecule has 2 rings (SSSR count). The predicted molar refractivity (Wildman–Crippen MR) is 83.3 cm³/mol. The average molecular weight is 259 g/mol. The summed E-state index contributed by atoms with van der Waals surface area (Å²) < 4.78 is 0. The summed E-state index contributed by atoms with van der Waals surface area (Å²) in [6.07, 6.45) is 5.45. The molecule has 0 aromatic heterocycles. The summed E-state index contributed by atoms with van der Waals surface area (Å²) in [6.45, 7) is 10.3. The minimum Gasteiger partial charge on any atom is -0.310 e. The van der Waals surface area contributed by atoms with Crippen molar-refractivity contribution in [2.45, 2.75) is 59.4 Å². The van der Waals surface area contributed by atoms with Gasteiger partial charge in [0.15, 0.2) is 0 Å². The van der Waals surface area contributed by atoms with Crippen molar-refractivity contribution in [3.05, 3.63) is 35.4 Å². The molecular formula is C18H29N. The van der Waals surface area contributed by atoms with E-state index in [4.69, 9.17) is 0 Å². The molecule has 1 aliphatic carbocycles. The van der Waals surface area contributed by atoms with E-state index >= 15 is 0 Å². The Kier molecular flexibility index (Phi) is 4.67. The summed E-state index contributed by atoms with van der Waals surface area (Å²) >= 11 is 0. The maximum absolute atomic E-state index is 3.72. The fourth-order valence-electron chi connectivity index (χ4n) is 3.31. The van der Waals surface area contributed by atoms with E-state index in [1.54, 1.807) is 0 Å². The zero-order valence-corrected chi connectivity index (χ0v) is 13.0. The van der Waals surface area contributed by atoms with Crippen LogP contribution < -0.4 is 5.32 Å². The molecule has 1 atom stereocenters. The van der Waals surface area contributed by atoms with Gasteiger partial charge in [0, 0.05) is 6.04 Å². The molecule has 0 heterocycles. The second-order valence-corrected chi connectivity index (χ2v) is 6.95. The number of rotatable bonds is 4. The number of aryl methyl sites for hydroxylation is 1. The van der Waals surface area contributed by atoms with Crippen LogP contribution in [0.3, 0.4) is 0 Å². The van der Waals surface area contributed by atoms with Crippen molar-refractivity contribution in [2.24, 2.45) is 11.3 Å². The van der Waals surface area contributed by atoms with Crippen LogP contribution >= 0.6 is 0 Å². The zero-order valence-electron chi connectivity index (χ0n) is 13.0. The monoisotopic (exact) mass is 259 g/mol. The van der Waals surface area contributed by atoms with E-state index in [9.17, 15) is 0 Å². The Hall–Kier alpha value is -0.820. The Balaban J connectivity index is 2.10. The molecule has 0 bridgehead atoms. The minimum absolute atomic E-state index is 0.543. The number of hydrogen-bond acceptors (Lipinski definition) is 1. The SMILES string of the molecule is CCNC(c1ccc(C)cc1)C1CCC(C)(C)CC1. The minimum atomic E-state index is 0.543. The summed E-state index contributed by atoms with van der Waals surface area (Å²) in [4.78, 5) is 0. The third-order valence-electron chi connectivity index (χ3n) is 4.72. The quantitative estimate of drug-likeness (QED) is 0.814. The molecule has 106 valence electrons. The van der Waals surface area contributed by atoms with Crippen LogP contribution in [-0.2, 0) is 0 Å². The molecule has 1 saturated carbocycles. The first kappa shape index (κ1) is 14.6. The van der Waals surface area contributed by atoms with Gasteiger partial charge in [0.25, 0.3) is 0 Å². The van der Waals surface area contributed by atoms with Crippen LogP contribution in [0.15, 0.2) is 24.3 Å². The van der Waals surface area contributed by atoms with Crippen LogP contribution in [0.1, 0.15) is 63.6 Å². The highest BCUT2D eigenvalue weighted by Gasteiger charge is 2.31. The third kappa shape index (κ3) is 3.82. The van der Waals surface area contributed by atoms with E-state index in [0.717, 1.165) is 12.5 Å². The molecule has 0 aliphatic heterocycles. The molecule has 1 heteroatoms. The molecule has 1 nitrogen and oxygen atoms in total. The highest BCUT2D eigenvalue weighted by Crippen LogP contribution is 2.42. The Labute approximate surface area is 118 Å². The number of nitrogens with one attached hydrogen (secondary N) is 1. The first-order chi connectivity index (χ1) is 9.02. The van der Waals surface area contributed by atoms with Gasteiger partial charge in [-0.15, -0.1) is 0 Å². The van der Waals surface area contributed by atoms with Crippen molar-refractivity contribution >= 4 is 0 Å². The van der Waals surface area contributed by atoms with Gasteiger partial charge in [0.1, 0.15) is 0 Å². The standard InChI is InChI=1S/C18H29N/c1-5-19-17(15-8-6-14(2)7-9-15)16-10-12-18(3,4)13-11-16/h6-9,16-17,19H,5,10-13H2,1-4H3. The van der Waals surface area contributed by atoms with E-state index in [2.05, 4.69) is 57.3 Å². The van der Waals surface area contributed by atoms with Crippen LogP contribution in [0.25, 0.3) is 0 Å². The molecule has 0 saturated heterocycles. The van der Waals surface area contributed by atoms with Crippen LogP contribution in [-0.4, -0.2) is 6.54 Å². The third-order valence-corrected chi connectivity index (χ3v) is 4.72. The Bertz CT molecular complexity index is 381. The van der Waals surface area contributed by atoms with Crippen molar-refractivity contribution in [1.29, 1.82) is 0 Å². The molecular weight excluding hydrogens is 230 g/mol. The Morgan fingerprint density at radius 3 is 2.26 bits per heavy atom. The second kappa shape index (κ2) is 6.09. The molecule has 19 heavy (non-hydrogen) atoms. The summed E-state index contributed by atoms with van der Waals surface area (Å²) in [7, 11) is 0. The van der Waals surface area contributed by atoms with Crippen LogP contribution in [0.5, 0.6) is 0 Å². The van der Waals surface area contributed by atoms with Crippen molar-refractivity contribution in [3.8, 4) is 0 Å². The molecule has 1 fully saturated rings. The van der Waals surface area contributed by atoms with Crippen molar-refractivity contribution in [1.82, 2.24) is 5.32 Å². The van der Waals surface area contributed by atoms with E-state index in [1.807, 2.05) is 0 Å². The lowest BCUT2D eigenvalue weighted by Crippen LogP contribution is -2.32. The predicted octanol–water partition coefficient (Wildman–Crippen LogP) is 4.86. The second-order valence-electron chi connectivity index (χ2n) is 6.95. The molecule has 1 aromatic carbocycles. The summed E-state index contributed by atoms with van der Waals surface area (Å²) in [5.41, 5.74) is 3.38. The topological polar surface area (TPSA) is 12.0 Å². The molecule has 1 aliphatic rings. The largest absolute Gasteiger partial charge is 0.310 e. The van der Waals surface area contributed by atoms with Gasteiger partial charge in [0.05, 0.1) is 0 Å². The fourth-order valence-corrected chi connectivity index (χ4v) is 3.31. The Morgan fingerprint density at radius 2 is 1.74 bits per heavy atom. The molecule has 1 N–H and O–H groups in total. The van der Waals surface area contributed by atoms with Gasteiger partial charge < -0.3 is 5.32 Å². The lowest BCUT2D eigenvalue weighted by Gasteiger charge is -2.38. The van der Waals surface area contributed by atoms with Gasteiger partial charge in [-0.25, -0.2) is 0 Å². The summed E-state index contributed by atoms with van der Waals surface area (Å²) in [5, 5.41) is 3.72. The fraction of sp³-hybridized carbons (Fsp3) is 0.667. The molecule has 0 spiro atoms. The van der Waals surface area contributed by atoms with Gasteiger partial charge in [-0.05, 0) is 56.0 Å². The van der Waals surface area contributed by atoms with E-state index in [-0.39, 0.29) is 0 Å². The summed E-state index contributed by atoms with van der Waals surface area (Å²) in [5.74, 6) is 0.802. The molecule has 1 unspecified atom stereocenters. The maximum Gasteiger partial charge on any atom is 0.0348 e. The Morgan fingerprint density at radius 1 is 1.16 bits per heavy atom. The molecule has 0 amide bonds. The average Bonchev–Trinajstić information content (AvgIpc) is 2.38. The van der Waals surface area contributed by atoms with Crippen molar-refractivity contribution in [2.75, 3.05) is 6.54 Å².